The minimum Gasteiger partial charge on any atom is -0.505 e. The molecule has 0 aromatic carbocycles. The van der Waals surface area contributed by atoms with Gasteiger partial charge in [-0.1, -0.05) is 46.3 Å². The number of ketones is 1. The van der Waals surface area contributed by atoms with E-state index in [-0.39, 0.29) is 40.2 Å². The van der Waals surface area contributed by atoms with E-state index in [9.17, 15) is 14.7 Å². The van der Waals surface area contributed by atoms with E-state index < -0.39 is 16.2 Å². The van der Waals surface area contributed by atoms with Gasteiger partial charge in [0.15, 0.2) is 5.76 Å². The summed E-state index contributed by atoms with van der Waals surface area (Å²) in [4.78, 5) is 26.5. The van der Waals surface area contributed by atoms with E-state index in [4.69, 9.17) is 9.47 Å². The summed E-state index contributed by atoms with van der Waals surface area (Å²) in [7, 11) is 1.55. The van der Waals surface area contributed by atoms with Gasteiger partial charge < -0.3 is 14.6 Å². The first kappa shape index (κ1) is 24.3. The van der Waals surface area contributed by atoms with Crippen LogP contribution in [-0.4, -0.2) is 30.6 Å². The van der Waals surface area contributed by atoms with Crippen molar-refractivity contribution in [3.05, 3.63) is 34.8 Å². The Bertz CT molecular complexity index is 1160. The highest BCUT2D eigenvalue weighted by molar-refractivity contribution is 6.02. The van der Waals surface area contributed by atoms with E-state index in [1.54, 1.807) is 7.11 Å². The maximum absolute atomic E-state index is 13.4. The second-order valence-electron chi connectivity index (χ2n) is 13.9. The summed E-state index contributed by atoms with van der Waals surface area (Å²) >= 11 is 0. The Balaban J connectivity index is 1.53. The lowest BCUT2D eigenvalue weighted by Crippen LogP contribution is -2.62. The topological polar surface area (TPSA) is 72.8 Å². The molecule has 2 saturated carbocycles. The van der Waals surface area contributed by atoms with Gasteiger partial charge in [-0.05, 0) is 85.2 Å². The van der Waals surface area contributed by atoms with Gasteiger partial charge in [0, 0.05) is 11.8 Å². The number of Topliss-reactive ketones (excluding diaryl/α,β-unsaturated/α-hetero) is 1. The van der Waals surface area contributed by atoms with E-state index in [1.807, 2.05) is 13.0 Å². The predicted molar refractivity (Wildman–Crippen MR) is 137 cm³/mol. The maximum Gasteiger partial charge on any atom is 0.312 e. The van der Waals surface area contributed by atoms with Gasteiger partial charge in [0.05, 0.1) is 23.7 Å². The molecule has 6 rings (SSSR count). The van der Waals surface area contributed by atoms with Crippen LogP contribution in [0.5, 0.6) is 0 Å². The Morgan fingerprint density at radius 1 is 1.14 bits per heavy atom. The van der Waals surface area contributed by atoms with Gasteiger partial charge in [-0.25, -0.2) is 0 Å². The highest BCUT2D eigenvalue weighted by Crippen LogP contribution is 2.75. The van der Waals surface area contributed by atoms with Gasteiger partial charge in [-0.2, -0.15) is 0 Å². The Labute approximate surface area is 215 Å². The molecule has 1 aliphatic heterocycles. The molecule has 0 amide bonds. The molecule has 1 heterocycles. The third-order valence-corrected chi connectivity index (χ3v) is 12.6. The van der Waals surface area contributed by atoms with Gasteiger partial charge in [0.1, 0.15) is 6.61 Å². The van der Waals surface area contributed by atoms with E-state index in [1.165, 1.54) is 5.57 Å². The largest absolute Gasteiger partial charge is 0.505 e. The highest BCUT2D eigenvalue weighted by atomic mass is 16.5. The molecule has 1 N–H and O–H groups in total. The molecule has 0 bridgehead atoms. The number of ether oxygens (including phenoxy) is 2. The molecule has 5 aliphatic carbocycles. The summed E-state index contributed by atoms with van der Waals surface area (Å²) < 4.78 is 11.8. The fourth-order valence-corrected chi connectivity index (χ4v) is 10.4. The lowest BCUT2D eigenvalue weighted by Gasteiger charge is -2.67. The zero-order valence-corrected chi connectivity index (χ0v) is 23.0. The smallest absolute Gasteiger partial charge is 0.312 e. The summed E-state index contributed by atoms with van der Waals surface area (Å²) in [5, 5.41) is 10.8. The number of hydrogen-bond donors (Lipinski definition) is 1. The molecule has 0 radical (unpaired) electrons. The van der Waals surface area contributed by atoms with Crippen molar-refractivity contribution in [3.8, 4) is 0 Å². The average Bonchev–Trinajstić information content (AvgIpc) is 3.18. The van der Waals surface area contributed by atoms with Crippen molar-refractivity contribution in [3.63, 3.8) is 0 Å². The third kappa shape index (κ3) is 2.49. The minimum absolute atomic E-state index is 0.0318. The van der Waals surface area contributed by atoms with Crippen molar-refractivity contribution in [1.82, 2.24) is 0 Å². The van der Waals surface area contributed by atoms with Gasteiger partial charge in [-0.15, -0.1) is 0 Å². The molecule has 0 saturated heterocycles. The highest BCUT2D eigenvalue weighted by Gasteiger charge is 2.71. The van der Waals surface area contributed by atoms with Crippen molar-refractivity contribution in [2.45, 2.75) is 80.1 Å². The average molecular weight is 495 g/mol. The van der Waals surface area contributed by atoms with Gasteiger partial charge in [-0.3, -0.25) is 9.59 Å². The van der Waals surface area contributed by atoms with Crippen LogP contribution in [-0.2, 0) is 19.1 Å². The maximum atomic E-state index is 13.4. The molecule has 0 aromatic rings. The summed E-state index contributed by atoms with van der Waals surface area (Å²) in [6.45, 7) is 14.0. The van der Waals surface area contributed by atoms with E-state index in [2.05, 4.69) is 40.7 Å². The SMILES string of the molecule is COC(=O)[C@]12CC[C@@H](C)[C@H](C)[C@H]1C1=CC[C@@H]3[C@@]4(C)C=C(O)C(=O)[C@@]5(C)COC(=C54)C[C@@]3(C)[C@]1(C)CC2. The van der Waals surface area contributed by atoms with Crippen LogP contribution in [0.1, 0.15) is 80.1 Å². The third-order valence-electron chi connectivity index (χ3n) is 12.6. The summed E-state index contributed by atoms with van der Waals surface area (Å²) in [5.41, 5.74) is 0.642. The van der Waals surface area contributed by atoms with Crippen molar-refractivity contribution < 1.29 is 24.2 Å². The molecular formula is C31H42O5. The molecule has 0 unspecified atom stereocenters. The van der Waals surface area contributed by atoms with E-state index >= 15 is 0 Å². The van der Waals surface area contributed by atoms with Crippen molar-refractivity contribution in [2.24, 2.45) is 50.7 Å². The second-order valence-corrected chi connectivity index (χ2v) is 13.9. The Kier molecular flexibility index (Phi) is 4.78. The van der Waals surface area contributed by atoms with Crippen LogP contribution in [0.25, 0.3) is 0 Å². The number of esters is 1. The van der Waals surface area contributed by atoms with Crippen molar-refractivity contribution in [2.75, 3.05) is 13.7 Å². The first-order valence-electron chi connectivity index (χ1n) is 13.9. The minimum atomic E-state index is -0.783. The monoisotopic (exact) mass is 494 g/mol. The molecule has 36 heavy (non-hydrogen) atoms. The lowest BCUT2D eigenvalue weighted by atomic mass is 9.35. The molecule has 0 spiro atoms. The normalized spacial score (nSPS) is 51.1. The van der Waals surface area contributed by atoms with E-state index in [0.717, 1.165) is 49.9 Å². The number of carbonyl (C=O) groups excluding carboxylic acids is 2. The van der Waals surface area contributed by atoms with E-state index in [0.29, 0.717) is 18.4 Å². The van der Waals surface area contributed by atoms with Crippen molar-refractivity contribution in [1.29, 1.82) is 0 Å². The van der Waals surface area contributed by atoms with Crippen LogP contribution in [0, 0.1) is 50.7 Å². The number of methoxy groups -OCH3 is 1. The van der Waals surface area contributed by atoms with Crippen LogP contribution in [0.15, 0.2) is 34.8 Å². The molecule has 5 heteroatoms. The number of aliphatic hydroxyl groups excluding tert-OH is 1. The fourth-order valence-electron chi connectivity index (χ4n) is 10.4. The summed E-state index contributed by atoms with van der Waals surface area (Å²) in [5.74, 6) is 1.99. The summed E-state index contributed by atoms with van der Waals surface area (Å²) in [6.07, 6.45) is 9.73. The molecule has 9 atom stereocenters. The van der Waals surface area contributed by atoms with Crippen LogP contribution < -0.4 is 0 Å². The number of hydrogen-bond acceptors (Lipinski definition) is 5. The first-order valence-corrected chi connectivity index (χ1v) is 13.9. The molecular weight excluding hydrogens is 452 g/mol. The molecule has 5 nitrogen and oxygen atoms in total. The van der Waals surface area contributed by atoms with Crippen molar-refractivity contribution >= 4 is 11.8 Å². The molecule has 6 aliphatic rings. The van der Waals surface area contributed by atoms with Crippen LogP contribution in [0.3, 0.4) is 0 Å². The molecule has 2 fully saturated rings. The zero-order chi connectivity index (χ0) is 26.1. The standard InChI is InChI=1S/C31H42O5/c1-17-10-11-31(26(34)35-7)13-12-29(5)19(23(31)18(17)2)8-9-22-27(3)14-20(32)25(33)28(4)16-36-21(24(27)28)15-30(22,29)6/h8,14,17-18,22-23,32H,9-13,15-16H2,1-7H3/t17-,18+,22-,23+,27-,28+,29-,30-,31+/m1/s1. The zero-order valence-electron chi connectivity index (χ0n) is 23.0. The summed E-state index contributed by atoms with van der Waals surface area (Å²) in [6, 6.07) is 0. The Morgan fingerprint density at radius 2 is 1.86 bits per heavy atom. The lowest BCUT2D eigenvalue weighted by molar-refractivity contribution is -0.171. The van der Waals surface area contributed by atoms with Crippen LogP contribution >= 0.6 is 0 Å². The molecule has 0 aromatic heterocycles. The predicted octanol–water partition coefficient (Wildman–Crippen LogP) is 6.31. The number of fused-ring (bicyclic) bond motifs is 6. The fraction of sp³-hybridized carbons (Fsp3) is 0.742. The number of carbonyl (C=O) groups is 2. The quantitative estimate of drug-likeness (QED) is 0.342. The number of allylic oxidation sites excluding steroid dienone is 5. The molecule has 196 valence electrons. The Morgan fingerprint density at radius 3 is 2.56 bits per heavy atom. The number of aliphatic hydroxyl groups is 1. The van der Waals surface area contributed by atoms with Crippen LogP contribution in [0.4, 0.5) is 0 Å². The van der Waals surface area contributed by atoms with Gasteiger partial charge in [0.2, 0.25) is 5.78 Å². The van der Waals surface area contributed by atoms with Gasteiger partial charge >= 0.3 is 5.97 Å². The first-order chi connectivity index (χ1) is 16.8. The second kappa shape index (κ2) is 7.08. The Hall–Kier alpha value is -2.04. The van der Waals surface area contributed by atoms with Crippen LogP contribution in [0.2, 0.25) is 0 Å². The van der Waals surface area contributed by atoms with Gasteiger partial charge in [0.25, 0.3) is 0 Å². The number of rotatable bonds is 1.